The summed E-state index contributed by atoms with van der Waals surface area (Å²) in [4.78, 5) is 0. The van der Waals surface area contributed by atoms with Gasteiger partial charge in [-0.1, -0.05) is 25.8 Å². The minimum atomic E-state index is 0.236. The zero-order valence-corrected chi connectivity index (χ0v) is 12.5. The molecule has 1 aliphatic carbocycles. The molecule has 1 atom stereocenters. The molecule has 2 nitrogen and oxygen atoms in total. The number of nitrogens with zero attached hydrogens (tertiary/aromatic N) is 1. The summed E-state index contributed by atoms with van der Waals surface area (Å²) in [5, 5.41) is 3.57. The molecule has 1 aliphatic rings. The molecule has 0 saturated heterocycles. The monoisotopic (exact) mass is 266 g/mol. The van der Waals surface area contributed by atoms with Gasteiger partial charge in [-0.15, -0.1) is 6.42 Å². The van der Waals surface area contributed by atoms with E-state index in [-0.39, 0.29) is 5.41 Å². The first-order valence-corrected chi connectivity index (χ1v) is 7.31. The van der Waals surface area contributed by atoms with E-state index in [1.807, 2.05) is 0 Å². The minimum Gasteiger partial charge on any atom is -0.320 e. The number of pyridine rings is 1. The van der Waals surface area contributed by atoms with Crippen molar-refractivity contribution in [3.05, 3.63) is 41.2 Å². The van der Waals surface area contributed by atoms with E-state index < -0.39 is 0 Å². The Balaban J connectivity index is 2.20. The molecule has 1 unspecified atom stereocenters. The maximum absolute atomic E-state index is 5.45. The van der Waals surface area contributed by atoms with Crippen molar-refractivity contribution in [3.63, 3.8) is 0 Å². The fraction of sp³-hybridized carbons (Fsp3) is 0.444. The highest BCUT2D eigenvalue weighted by molar-refractivity contribution is 5.63. The van der Waals surface area contributed by atoms with E-state index in [0.717, 1.165) is 6.42 Å². The van der Waals surface area contributed by atoms with Crippen LogP contribution >= 0.6 is 0 Å². The number of aromatic nitrogens is 1. The van der Waals surface area contributed by atoms with Crippen molar-refractivity contribution in [3.8, 4) is 12.3 Å². The summed E-state index contributed by atoms with van der Waals surface area (Å²) >= 11 is 0. The molecule has 0 saturated carbocycles. The van der Waals surface area contributed by atoms with Crippen LogP contribution in [0.3, 0.4) is 0 Å². The Kier molecular flexibility index (Phi) is 3.11. The van der Waals surface area contributed by atoms with E-state index in [2.05, 4.69) is 60.8 Å². The van der Waals surface area contributed by atoms with E-state index in [4.69, 9.17) is 6.42 Å². The second kappa shape index (κ2) is 4.68. The van der Waals surface area contributed by atoms with Gasteiger partial charge in [0.2, 0.25) is 0 Å². The fourth-order valence-corrected chi connectivity index (χ4v) is 3.62. The lowest BCUT2D eigenvalue weighted by molar-refractivity contribution is 0.213. The van der Waals surface area contributed by atoms with Crippen molar-refractivity contribution in [1.82, 2.24) is 9.72 Å². The topological polar surface area (TPSA) is 16.4 Å². The third-order valence-electron chi connectivity index (χ3n) is 4.73. The number of terminal acetylenes is 1. The van der Waals surface area contributed by atoms with Crippen LogP contribution < -0.4 is 5.32 Å². The SMILES string of the molecule is C#CCNC1c2c(C)c3ccccn3c2CCC1(C)C. The van der Waals surface area contributed by atoms with Crippen LogP contribution in [0.1, 0.15) is 43.1 Å². The lowest BCUT2D eigenvalue weighted by atomic mass is 9.71. The first-order chi connectivity index (χ1) is 9.56. The predicted molar refractivity (Wildman–Crippen MR) is 83.8 cm³/mol. The lowest BCUT2D eigenvalue weighted by Crippen LogP contribution is -2.38. The van der Waals surface area contributed by atoms with Crippen LogP contribution in [0.4, 0.5) is 0 Å². The molecule has 2 heterocycles. The number of aryl methyl sites for hydroxylation is 2. The number of hydrogen-bond donors (Lipinski definition) is 1. The molecule has 0 amide bonds. The molecular formula is C18H22N2. The quantitative estimate of drug-likeness (QED) is 0.823. The molecule has 0 radical (unpaired) electrons. The van der Waals surface area contributed by atoms with Crippen molar-refractivity contribution in [2.75, 3.05) is 6.54 Å². The van der Waals surface area contributed by atoms with Crippen molar-refractivity contribution >= 4 is 5.52 Å². The first-order valence-electron chi connectivity index (χ1n) is 7.31. The minimum absolute atomic E-state index is 0.236. The molecule has 0 fully saturated rings. The van der Waals surface area contributed by atoms with Crippen molar-refractivity contribution in [2.45, 2.75) is 39.7 Å². The van der Waals surface area contributed by atoms with E-state index >= 15 is 0 Å². The fourth-order valence-electron chi connectivity index (χ4n) is 3.62. The van der Waals surface area contributed by atoms with Gasteiger partial charge in [-0.2, -0.15) is 0 Å². The predicted octanol–water partition coefficient (Wildman–Crippen LogP) is 3.48. The molecular weight excluding hydrogens is 244 g/mol. The summed E-state index contributed by atoms with van der Waals surface area (Å²) in [6.07, 6.45) is 9.95. The highest BCUT2D eigenvalue weighted by Crippen LogP contribution is 2.46. The highest BCUT2D eigenvalue weighted by atomic mass is 15.0. The van der Waals surface area contributed by atoms with E-state index in [0.29, 0.717) is 12.6 Å². The molecule has 0 bridgehead atoms. The third kappa shape index (κ3) is 1.85. The van der Waals surface area contributed by atoms with Gasteiger partial charge in [-0.3, -0.25) is 5.32 Å². The summed E-state index contributed by atoms with van der Waals surface area (Å²) in [6, 6.07) is 6.76. The molecule has 0 aliphatic heterocycles. The van der Waals surface area contributed by atoms with Crippen molar-refractivity contribution in [1.29, 1.82) is 0 Å². The maximum Gasteiger partial charge on any atom is 0.0578 e. The molecule has 1 N–H and O–H groups in total. The van der Waals surface area contributed by atoms with Crippen LogP contribution in [0, 0.1) is 24.7 Å². The van der Waals surface area contributed by atoms with Gasteiger partial charge in [0.15, 0.2) is 0 Å². The Bertz CT molecular complexity index is 685. The molecule has 0 aromatic carbocycles. The van der Waals surface area contributed by atoms with E-state index in [9.17, 15) is 0 Å². The van der Waals surface area contributed by atoms with Gasteiger partial charge >= 0.3 is 0 Å². The summed E-state index contributed by atoms with van der Waals surface area (Å²) in [5.41, 5.74) is 5.86. The van der Waals surface area contributed by atoms with E-state index in [1.165, 1.54) is 28.8 Å². The first kappa shape index (κ1) is 13.3. The average Bonchev–Trinajstić information content (AvgIpc) is 2.71. The Morgan fingerprint density at radius 2 is 2.25 bits per heavy atom. The highest BCUT2D eigenvalue weighted by Gasteiger charge is 2.38. The smallest absolute Gasteiger partial charge is 0.0578 e. The standard InChI is InChI=1S/C18H22N2/c1-5-11-19-17-16-13(2)14-8-6-7-12-20(14)15(16)9-10-18(17,3)4/h1,6-8,12,17,19H,9-11H2,2-4H3. The Morgan fingerprint density at radius 1 is 1.45 bits per heavy atom. The molecule has 2 aromatic rings. The number of hydrogen-bond acceptors (Lipinski definition) is 1. The van der Waals surface area contributed by atoms with Gasteiger partial charge < -0.3 is 4.40 Å². The third-order valence-corrected chi connectivity index (χ3v) is 4.73. The Hall–Kier alpha value is -1.72. The van der Waals surface area contributed by atoms with Gasteiger partial charge in [0.25, 0.3) is 0 Å². The molecule has 2 aromatic heterocycles. The maximum atomic E-state index is 5.45. The molecule has 2 heteroatoms. The van der Waals surface area contributed by atoms with Gasteiger partial charge in [0.05, 0.1) is 6.54 Å². The summed E-state index contributed by atoms with van der Waals surface area (Å²) in [5.74, 6) is 2.72. The molecule has 20 heavy (non-hydrogen) atoms. The van der Waals surface area contributed by atoms with Crippen LogP contribution in [0.15, 0.2) is 24.4 Å². The van der Waals surface area contributed by atoms with Crippen molar-refractivity contribution in [2.24, 2.45) is 5.41 Å². The molecule has 104 valence electrons. The van der Waals surface area contributed by atoms with Crippen LogP contribution in [0.5, 0.6) is 0 Å². The lowest BCUT2D eigenvalue weighted by Gasteiger charge is -2.39. The summed E-state index contributed by atoms with van der Waals surface area (Å²) < 4.78 is 2.35. The van der Waals surface area contributed by atoms with E-state index in [1.54, 1.807) is 0 Å². The summed E-state index contributed by atoms with van der Waals surface area (Å²) in [6.45, 7) is 7.54. The van der Waals surface area contributed by atoms with Crippen LogP contribution in [-0.4, -0.2) is 10.9 Å². The molecule has 0 spiro atoms. The van der Waals surface area contributed by atoms with Crippen LogP contribution in [-0.2, 0) is 6.42 Å². The number of rotatable bonds is 2. The van der Waals surface area contributed by atoms with Gasteiger partial charge in [-0.05, 0) is 48.4 Å². The van der Waals surface area contributed by atoms with Crippen molar-refractivity contribution < 1.29 is 0 Å². The summed E-state index contributed by atoms with van der Waals surface area (Å²) in [7, 11) is 0. The second-order valence-corrected chi connectivity index (χ2v) is 6.45. The van der Waals surface area contributed by atoms with Gasteiger partial charge in [0, 0.05) is 23.4 Å². The number of nitrogens with one attached hydrogen (secondary N) is 1. The van der Waals surface area contributed by atoms with Gasteiger partial charge in [0.1, 0.15) is 0 Å². The van der Waals surface area contributed by atoms with Crippen LogP contribution in [0.2, 0.25) is 0 Å². The molecule has 3 rings (SSSR count). The average molecular weight is 266 g/mol. The normalized spacial score (nSPS) is 20.6. The zero-order chi connectivity index (χ0) is 14.3. The Morgan fingerprint density at radius 3 is 3.00 bits per heavy atom. The van der Waals surface area contributed by atoms with Gasteiger partial charge in [-0.25, -0.2) is 0 Å². The zero-order valence-electron chi connectivity index (χ0n) is 12.5. The van der Waals surface area contributed by atoms with Crippen LogP contribution in [0.25, 0.3) is 5.52 Å². The number of fused-ring (bicyclic) bond motifs is 3. The Labute approximate surface area is 121 Å². The second-order valence-electron chi connectivity index (χ2n) is 6.45. The largest absolute Gasteiger partial charge is 0.320 e.